The fraction of sp³-hybridized carbons (Fsp3) is 0.833. The Balaban J connectivity index is 3.84. The summed E-state index contributed by atoms with van der Waals surface area (Å²) in [4.78, 5) is 2.32. The van der Waals surface area contributed by atoms with Crippen LogP contribution in [0.4, 0.5) is 0 Å². The molecule has 84 valence electrons. The van der Waals surface area contributed by atoms with E-state index >= 15 is 0 Å². The number of hydrogen-bond acceptors (Lipinski definition) is 2. The molecule has 0 saturated heterocycles. The first-order valence-electron chi connectivity index (χ1n) is 5.32. The molecule has 0 fully saturated rings. The summed E-state index contributed by atoms with van der Waals surface area (Å²) < 4.78 is 0. The van der Waals surface area contributed by atoms with Crippen molar-refractivity contribution in [2.45, 2.75) is 46.2 Å². The third-order valence-corrected chi connectivity index (χ3v) is 2.20. The Hall–Kier alpha value is -0.340. The zero-order valence-corrected chi connectivity index (χ0v) is 10.6. The molecule has 0 aliphatic carbocycles. The van der Waals surface area contributed by atoms with Crippen molar-refractivity contribution in [3.63, 3.8) is 0 Å². The largest absolute Gasteiger partial charge is 0.311 e. The first-order valence-corrected chi connectivity index (χ1v) is 5.32. The van der Waals surface area contributed by atoms with Crippen LogP contribution in [0.25, 0.3) is 0 Å². The first-order chi connectivity index (χ1) is 6.22. The van der Waals surface area contributed by atoms with E-state index in [0.29, 0.717) is 6.04 Å². The van der Waals surface area contributed by atoms with E-state index in [4.69, 9.17) is 0 Å². The van der Waals surface area contributed by atoms with Gasteiger partial charge in [0.1, 0.15) is 0 Å². The van der Waals surface area contributed by atoms with E-state index in [1.807, 2.05) is 0 Å². The molecule has 2 nitrogen and oxygen atoms in total. The Morgan fingerprint density at radius 1 is 1.43 bits per heavy atom. The van der Waals surface area contributed by atoms with Crippen molar-refractivity contribution in [2.75, 3.05) is 20.1 Å². The van der Waals surface area contributed by atoms with Gasteiger partial charge < -0.3 is 5.32 Å². The van der Waals surface area contributed by atoms with Gasteiger partial charge in [0.25, 0.3) is 0 Å². The van der Waals surface area contributed by atoms with Gasteiger partial charge in [-0.3, -0.25) is 4.90 Å². The maximum Gasteiger partial charge on any atom is 0.0192 e. The van der Waals surface area contributed by atoms with Crippen molar-refractivity contribution in [2.24, 2.45) is 0 Å². The molecule has 0 amide bonds. The first kappa shape index (κ1) is 13.7. The van der Waals surface area contributed by atoms with Crippen LogP contribution in [0, 0.1) is 0 Å². The highest BCUT2D eigenvalue weighted by atomic mass is 15.1. The standard InChI is InChI=1S/C12H26N2/c1-10(2)9-14(7)11(3)8-13-12(4,5)6/h11,13H,1,8-9H2,2-7H3. The van der Waals surface area contributed by atoms with Crippen LogP contribution in [0.1, 0.15) is 34.6 Å². The number of likely N-dealkylation sites (N-methyl/N-ethyl adjacent to an activating group) is 1. The van der Waals surface area contributed by atoms with Gasteiger partial charge in [-0.1, -0.05) is 12.2 Å². The van der Waals surface area contributed by atoms with Crippen molar-refractivity contribution in [1.82, 2.24) is 10.2 Å². The van der Waals surface area contributed by atoms with Gasteiger partial charge in [0.2, 0.25) is 0 Å². The van der Waals surface area contributed by atoms with Gasteiger partial charge in [-0.05, 0) is 41.7 Å². The highest BCUT2D eigenvalue weighted by Gasteiger charge is 2.13. The molecule has 1 unspecified atom stereocenters. The Morgan fingerprint density at radius 2 is 1.93 bits per heavy atom. The SMILES string of the molecule is C=C(C)CN(C)C(C)CNC(C)(C)C. The average Bonchev–Trinajstić information content (AvgIpc) is 1.97. The second-order valence-electron chi connectivity index (χ2n) is 5.35. The van der Waals surface area contributed by atoms with Crippen LogP contribution in [0.2, 0.25) is 0 Å². The lowest BCUT2D eigenvalue weighted by atomic mass is 10.1. The molecule has 14 heavy (non-hydrogen) atoms. The van der Waals surface area contributed by atoms with Crippen molar-refractivity contribution in [1.29, 1.82) is 0 Å². The van der Waals surface area contributed by atoms with Gasteiger partial charge in [-0.25, -0.2) is 0 Å². The normalized spacial score (nSPS) is 14.5. The second-order valence-corrected chi connectivity index (χ2v) is 5.35. The number of nitrogens with zero attached hydrogens (tertiary/aromatic N) is 1. The van der Waals surface area contributed by atoms with Crippen LogP contribution in [0.3, 0.4) is 0 Å². The van der Waals surface area contributed by atoms with Crippen molar-refractivity contribution in [3.05, 3.63) is 12.2 Å². The van der Waals surface area contributed by atoms with E-state index < -0.39 is 0 Å². The summed E-state index contributed by atoms with van der Waals surface area (Å²) in [5.74, 6) is 0. The minimum Gasteiger partial charge on any atom is -0.311 e. The van der Waals surface area contributed by atoms with E-state index in [9.17, 15) is 0 Å². The third-order valence-electron chi connectivity index (χ3n) is 2.20. The zero-order chi connectivity index (χ0) is 11.4. The molecule has 0 aliphatic heterocycles. The Bertz CT molecular complexity index is 179. The molecule has 1 N–H and O–H groups in total. The van der Waals surface area contributed by atoms with Gasteiger partial charge in [-0.15, -0.1) is 0 Å². The number of hydrogen-bond donors (Lipinski definition) is 1. The lowest BCUT2D eigenvalue weighted by Gasteiger charge is -2.29. The number of nitrogens with one attached hydrogen (secondary N) is 1. The zero-order valence-electron chi connectivity index (χ0n) is 10.6. The Kier molecular flexibility index (Phi) is 5.38. The predicted octanol–water partition coefficient (Wildman–Crippen LogP) is 2.27. The monoisotopic (exact) mass is 198 g/mol. The van der Waals surface area contributed by atoms with Gasteiger partial charge in [0.05, 0.1) is 0 Å². The van der Waals surface area contributed by atoms with E-state index in [0.717, 1.165) is 13.1 Å². The minimum atomic E-state index is 0.207. The smallest absolute Gasteiger partial charge is 0.0192 e. The summed E-state index contributed by atoms with van der Waals surface area (Å²) in [7, 11) is 2.14. The molecule has 0 rings (SSSR count). The molecule has 0 aromatic rings. The fourth-order valence-electron chi connectivity index (χ4n) is 1.19. The molecular formula is C12H26N2. The maximum atomic E-state index is 3.92. The van der Waals surface area contributed by atoms with E-state index in [1.54, 1.807) is 0 Å². The van der Waals surface area contributed by atoms with Gasteiger partial charge >= 0.3 is 0 Å². The molecule has 0 aromatic heterocycles. The van der Waals surface area contributed by atoms with Crippen molar-refractivity contribution >= 4 is 0 Å². The highest BCUT2D eigenvalue weighted by molar-refractivity contribution is 4.92. The van der Waals surface area contributed by atoms with E-state index in [-0.39, 0.29) is 5.54 Å². The summed E-state index contributed by atoms with van der Waals surface area (Å²) in [5, 5.41) is 3.50. The molecule has 0 aliphatic rings. The molecule has 1 atom stereocenters. The molecule has 0 bridgehead atoms. The molecule has 0 radical (unpaired) electrons. The number of rotatable bonds is 5. The van der Waals surface area contributed by atoms with Crippen LogP contribution in [0.5, 0.6) is 0 Å². The van der Waals surface area contributed by atoms with Crippen molar-refractivity contribution < 1.29 is 0 Å². The minimum absolute atomic E-state index is 0.207. The summed E-state index contributed by atoms with van der Waals surface area (Å²) in [6.45, 7) is 16.8. The van der Waals surface area contributed by atoms with Crippen molar-refractivity contribution in [3.8, 4) is 0 Å². The molecule has 0 heterocycles. The van der Waals surface area contributed by atoms with Gasteiger partial charge in [-0.2, -0.15) is 0 Å². The third kappa shape index (κ3) is 7.10. The average molecular weight is 198 g/mol. The molecule has 0 saturated carbocycles. The molecular weight excluding hydrogens is 172 g/mol. The predicted molar refractivity (Wildman–Crippen MR) is 64.7 cm³/mol. The summed E-state index contributed by atoms with van der Waals surface area (Å²) in [6.07, 6.45) is 0. The van der Waals surface area contributed by atoms with Crippen LogP contribution >= 0.6 is 0 Å². The lowest BCUT2D eigenvalue weighted by molar-refractivity contribution is 0.252. The van der Waals surface area contributed by atoms with Gasteiger partial charge in [0.15, 0.2) is 0 Å². The highest BCUT2D eigenvalue weighted by Crippen LogP contribution is 2.02. The topological polar surface area (TPSA) is 15.3 Å². The lowest BCUT2D eigenvalue weighted by Crippen LogP contribution is -2.45. The molecule has 0 aromatic carbocycles. The van der Waals surface area contributed by atoms with Crippen LogP contribution in [0.15, 0.2) is 12.2 Å². The van der Waals surface area contributed by atoms with E-state index in [1.165, 1.54) is 5.57 Å². The fourth-order valence-corrected chi connectivity index (χ4v) is 1.19. The summed E-state index contributed by atoms with van der Waals surface area (Å²) in [6, 6.07) is 0.547. The van der Waals surface area contributed by atoms with Crippen LogP contribution in [-0.4, -0.2) is 36.6 Å². The van der Waals surface area contributed by atoms with Crippen LogP contribution in [-0.2, 0) is 0 Å². The van der Waals surface area contributed by atoms with E-state index in [2.05, 4.69) is 58.5 Å². The Labute approximate surface area is 89.4 Å². The quantitative estimate of drug-likeness (QED) is 0.682. The van der Waals surface area contributed by atoms with Crippen LogP contribution < -0.4 is 5.32 Å². The maximum absolute atomic E-state index is 3.92. The Morgan fingerprint density at radius 3 is 2.29 bits per heavy atom. The summed E-state index contributed by atoms with van der Waals surface area (Å²) in [5.41, 5.74) is 1.42. The molecule has 2 heteroatoms. The second kappa shape index (κ2) is 5.52. The summed E-state index contributed by atoms with van der Waals surface area (Å²) >= 11 is 0. The molecule has 0 spiro atoms. The van der Waals surface area contributed by atoms with Gasteiger partial charge in [0, 0.05) is 24.7 Å².